The van der Waals surface area contributed by atoms with E-state index < -0.39 is 0 Å². The molecule has 2 fully saturated rings. The SMILES string of the molecule is CCOc1cc(CNC(=NC)NC2CCN(CC3CCCC3)C2)ccc1OC. The van der Waals surface area contributed by atoms with Gasteiger partial charge in [0.15, 0.2) is 17.5 Å². The fourth-order valence-electron chi connectivity index (χ4n) is 4.35. The summed E-state index contributed by atoms with van der Waals surface area (Å²) in [5, 5.41) is 7.03. The Morgan fingerprint density at radius 3 is 2.75 bits per heavy atom. The van der Waals surface area contributed by atoms with Crippen molar-refractivity contribution in [2.24, 2.45) is 10.9 Å². The summed E-state index contributed by atoms with van der Waals surface area (Å²) >= 11 is 0. The molecule has 1 aromatic carbocycles. The standard InChI is InChI=1S/C22H36N4O2/c1-4-28-21-13-18(9-10-20(21)27-3)14-24-22(23-2)25-19-11-12-26(16-19)15-17-7-5-6-8-17/h9-10,13,17,19H,4-8,11-12,14-16H2,1-3H3,(H2,23,24,25). The number of aliphatic imine (C=N–C) groups is 1. The third-order valence-corrected chi connectivity index (χ3v) is 5.82. The van der Waals surface area contributed by atoms with Crippen LogP contribution in [0.4, 0.5) is 0 Å². The molecule has 6 heteroatoms. The number of ether oxygens (including phenoxy) is 2. The summed E-state index contributed by atoms with van der Waals surface area (Å²) in [7, 11) is 3.50. The molecule has 0 aromatic heterocycles. The van der Waals surface area contributed by atoms with Crippen LogP contribution in [0.2, 0.25) is 0 Å². The van der Waals surface area contributed by atoms with Crippen LogP contribution in [0.25, 0.3) is 0 Å². The normalized spacial score (nSPS) is 21.1. The Morgan fingerprint density at radius 1 is 1.21 bits per heavy atom. The number of methoxy groups -OCH3 is 1. The second-order valence-electron chi connectivity index (χ2n) is 7.88. The van der Waals surface area contributed by atoms with E-state index in [0.29, 0.717) is 19.2 Å². The van der Waals surface area contributed by atoms with Gasteiger partial charge in [-0.25, -0.2) is 0 Å². The van der Waals surface area contributed by atoms with E-state index in [9.17, 15) is 0 Å². The molecule has 28 heavy (non-hydrogen) atoms. The predicted molar refractivity (Wildman–Crippen MR) is 114 cm³/mol. The summed E-state index contributed by atoms with van der Waals surface area (Å²) in [5.41, 5.74) is 1.14. The van der Waals surface area contributed by atoms with Crippen LogP contribution < -0.4 is 20.1 Å². The maximum absolute atomic E-state index is 5.67. The van der Waals surface area contributed by atoms with E-state index in [4.69, 9.17) is 9.47 Å². The summed E-state index contributed by atoms with van der Waals surface area (Å²) < 4.78 is 11.0. The molecule has 1 unspecified atom stereocenters. The van der Waals surface area contributed by atoms with Gasteiger partial charge in [-0.05, 0) is 49.8 Å². The molecule has 3 rings (SSSR count). The van der Waals surface area contributed by atoms with Crippen molar-refractivity contribution in [1.82, 2.24) is 15.5 Å². The first-order chi connectivity index (χ1) is 13.7. The summed E-state index contributed by atoms with van der Waals surface area (Å²) in [6.45, 7) is 6.89. The minimum atomic E-state index is 0.474. The van der Waals surface area contributed by atoms with Gasteiger partial charge >= 0.3 is 0 Å². The Hall–Kier alpha value is -1.95. The van der Waals surface area contributed by atoms with E-state index in [-0.39, 0.29) is 0 Å². The van der Waals surface area contributed by atoms with E-state index in [1.165, 1.54) is 45.2 Å². The third kappa shape index (κ3) is 5.77. The minimum Gasteiger partial charge on any atom is -0.493 e. The fraction of sp³-hybridized carbons (Fsp3) is 0.682. The molecule has 1 aromatic rings. The van der Waals surface area contributed by atoms with Crippen molar-refractivity contribution in [2.45, 2.75) is 51.6 Å². The van der Waals surface area contributed by atoms with E-state index in [1.807, 2.05) is 26.1 Å². The number of nitrogens with zero attached hydrogens (tertiary/aromatic N) is 2. The molecular weight excluding hydrogens is 352 g/mol. The van der Waals surface area contributed by atoms with Crippen LogP contribution in [0.1, 0.15) is 44.6 Å². The van der Waals surface area contributed by atoms with Crippen molar-refractivity contribution >= 4 is 5.96 Å². The zero-order valence-corrected chi connectivity index (χ0v) is 17.7. The van der Waals surface area contributed by atoms with Gasteiger partial charge in [-0.15, -0.1) is 0 Å². The molecule has 2 aliphatic rings. The highest BCUT2D eigenvalue weighted by Gasteiger charge is 2.26. The first-order valence-electron chi connectivity index (χ1n) is 10.7. The monoisotopic (exact) mass is 388 g/mol. The van der Waals surface area contributed by atoms with E-state index in [2.05, 4.69) is 26.6 Å². The van der Waals surface area contributed by atoms with Crippen LogP contribution in [-0.4, -0.2) is 57.3 Å². The van der Waals surface area contributed by atoms with Crippen molar-refractivity contribution < 1.29 is 9.47 Å². The zero-order valence-electron chi connectivity index (χ0n) is 17.7. The van der Waals surface area contributed by atoms with Crippen LogP contribution in [-0.2, 0) is 6.54 Å². The second kappa shape index (κ2) is 10.6. The first kappa shape index (κ1) is 20.8. The van der Waals surface area contributed by atoms with E-state index >= 15 is 0 Å². The van der Waals surface area contributed by atoms with Crippen LogP contribution in [0.3, 0.4) is 0 Å². The lowest BCUT2D eigenvalue weighted by atomic mass is 10.1. The lowest BCUT2D eigenvalue weighted by molar-refractivity contribution is 0.275. The Bertz CT molecular complexity index is 643. The Balaban J connectivity index is 1.46. The second-order valence-corrected chi connectivity index (χ2v) is 7.88. The maximum atomic E-state index is 5.67. The number of nitrogens with one attached hydrogen (secondary N) is 2. The van der Waals surface area contributed by atoms with Gasteiger partial charge in [0, 0.05) is 39.3 Å². The van der Waals surface area contributed by atoms with Crippen molar-refractivity contribution in [2.75, 3.05) is 40.4 Å². The molecule has 1 heterocycles. The highest BCUT2D eigenvalue weighted by atomic mass is 16.5. The first-order valence-corrected chi connectivity index (χ1v) is 10.7. The number of hydrogen-bond donors (Lipinski definition) is 2. The molecule has 6 nitrogen and oxygen atoms in total. The highest BCUT2D eigenvalue weighted by molar-refractivity contribution is 5.80. The fourth-order valence-corrected chi connectivity index (χ4v) is 4.35. The lowest BCUT2D eigenvalue weighted by Crippen LogP contribution is -2.44. The van der Waals surface area contributed by atoms with Crippen molar-refractivity contribution in [3.63, 3.8) is 0 Å². The third-order valence-electron chi connectivity index (χ3n) is 5.82. The van der Waals surface area contributed by atoms with Gasteiger partial charge in [0.2, 0.25) is 0 Å². The quantitative estimate of drug-likeness (QED) is 0.530. The summed E-state index contributed by atoms with van der Waals surface area (Å²) in [6, 6.07) is 6.51. The smallest absolute Gasteiger partial charge is 0.191 e. The number of hydrogen-bond acceptors (Lipinski definition) is 4. The Kier molecular flexibility index (Phi) is 7.83. The van der Waals surface area contributed by atoms with Gasteiger partial charge in [-0.2, -0.15) is 0 Å². The average molecular weight is 389 g/mol. The van der Waals surface area contributed by atoms with E-state index in [1.54, 1.807) is 7.11 Å². The van der Waals surface area contributed by atoms with E-state index in [0.717, 1.165) is 35.5 Å². The number of benzene rings is 1. The molecule has 0 radical (unpaired) electrons. The van der Waals surface area contributed by atoms with Gasteiger partial charge in [0.1, 0.15) is 0 Å². The summed E-state index contributed by atoms with van der Waals surface area (Å²) in [4.78, 5) is 7.03. The molecule has 1 atom stereocenters. The summed E-state index contributed by atoms with van der Waals surface area (Å²) in [5.74, 6) is 3.33. The number of guanidine groups is 1. The lowest BCUT2D eigenvalue weighted by Gasteiger charge is -2.21. The molecule has 0 spiro atoms. The largest absolute Gasteiger partial charge is 0.493 e. The minimum absolute atomic E-state index is 0.474. The van der Waals surface area contributed by atoms with Crippen LogP contribution in [0, 0.1) is 5.92 Å². The molecule has 156 valence electrons. The van der Waals surface area contributed by atoms with Gasteiger partial charge < -0.3 is 25.0 Å². The van der Waals surface area contributed by atoms with Crippen molar-refractivity contribution in [3.05, 3.63) is 23.8 Å². The highest BCUT2D eigenvalue weighted by Crippen LogP contribution is 2.28. The number of likely N-dealkylation sites (tertiary alicyclic amines) is 1. The topological polar surface area (TPSA) is 58.1 Å². The van der Waals surface area contributed by atoms with Crippen LogP contribution in [0.15, 0.2) is 23.2 Å². The molecule has 1 aliphatic heterocycles. The molecule has 0 bridgehead atoms. The van der Waals surface area contributed by atoms with Crippen LogP contribution in [0.5, 0.6) is 11.5 Å². The Morgan fingerprint density at radius 2 is 2.04 bits per heavy atom. The van der Waals surface area contributed by atoms with Crippen molar-refractivity contribution in [1.29, 1.82) is 0 Å². The van der Waals surface area contributed by atoms with Gasteiger partial charge in [-0.1, -0.05) is 18.9 Å². The van der Waals surface area contributed by atoms with Gasteiger partial charge in [0.05, 0.1) is 13.7 Å². The maximum Gasteiger partial charge on any atom is 0.191 e. The molecule has 1 saturated carbocycles. The van der Waals surface area contributed by atoms with Gasteiger partial charge in [-0.3, -0.25) is 4.99 Å². The number of rotatable bonds is 8. The predicted octanol–water partition coefficient (Wildman–Crippen LogP) is 3.02. The molecule has 1 aliphatic carbocycles. The Labute approximate surface area is 169 Å². The van der Waals surface area contributed by atoms with Crippen molar-refractivity contribution in [3.8, 4) is 11.5 Å². The summed E-state index contributed by atoms with van der Waals surface area (Å²) in [6.07, 6.45) is 6.87. The molecule has 0 amide bonds. The van der Waals surface area contributed by atoms with Crippen LogP contribution >= 0.6 is 0 Å². The van der Waals surface area contributed by atoms with Gasteiger partial charge in [0.25, 0.3) is 0 Å². The zero-order chi connectivity index (χ0) is 19.8. The molecular formula is C22H36N4O2. The average Bonchev–Trinajstić information content (AvgIpc) is 3.38. The molecule has 2 N–H and O–H groups in total. The molecule has 1 saturated heterocycles.